The van der Waals surface area contributed by atoms with Crippen LogP contribution in [0.25, 0.3) is 0 Å². The topological polar surface area (TPSA) is 30.5 Å². The van der Waals surface area contributed by atoms with Crippen molar-refractivity contribution in [3.63, 3.8) is 0 Å². The third kappa shape index (κ3) is 4.58. The highest BCUT2D eigenvalue weighted by Crippen LogP contribution is 2.30. The third-order valence-electron chi connectivity index (χ3n) is 2.30. The zero-order chi connectivity index (χ0) is 13.2. The van der Waals surface area contributed by atoms with E-state index in [1.807, 2.05) is 39.0 Å². The first-order valence-electron chi connectivity index (χ1n) is 6.34. The molecule has 0 aliphatic rings. The van der Waals surface area contributed by atoms with E-state index in [1.54, 1.807) is 0 Å². The fourth-order valence-corrected chi connectivity index (χ4v) is 1.56. The average Bonchev–Trinajstić information content (AvgIpc) is 2.38. The molecule has 0 atom stereocenters. The number of ether oxygens (including phenoxy) is 2. The Labute approximate surface area is 109 Å². The first-order chi connectivity index (χ1) is 8.81. The van der Waals surface area contributed by atoms with Crippen LogP contribution in [0.4, 0.5) is 5.69 Å². The molecule has 1 aromatic rings. The van der Waals surface area contributed by atoms with Crippen molar-refractivity contribution in [3.05, 3.63) is 18.2 Å². The van der Waals surface area contributed by atoms with Crippen molar-refractivity contribution in [1.29, 1.82) is 0 Å². The van der Waals surface area contributed by atoms with Crippen LogP contribution in [-0.2, 0) is 0 Å². The van der Waals surface area contributed by atoms with Crippen LogP contribution >= 0.6 is 0 Å². The Hall–Kier alpha value is -1.82. The first-order valence-corrected chi connectivity index (χ1v) is 6.34. The van der Waals surface area contributed by atoms with Crippen molar-refractivity contribution in [2.45, 2.75) is 27.2 Å². The second kappa shape index (κ2) is 8.30. The number of anilines is 1. The van der Waals surface area contributed by atoms with E-state index in [1.165, 1.54) is 0 Å². The van der Waals surface area contributed by atoms with Crippen LogP contribution in [0.5, 0.6) is 11.5 Å². The Balaban J connectivity index is 2.68. The largest absolute Gasteiger partial charge is 0.490 e. The molecule has 0 aliphatic carbocycles. The van der Waals surface area contributed by atoms with Crippen LogP contribution in [0.1, 0.15) is 27.2 Å². The van der Waals surface area contributed by atoms with Gasteiger partial charge in [-0.3, -0.25) is 0 Å². The molecule has 1 aromatic carbocycles. The normalized spacial score (nSPS) is 9.28. The van der Waals surface area contributed by atoms with Gasteiger partial charge < -0.3 is 14.8 Å². The van der Waals surface area contributed by atoms with Gasteiger partial charge in [-0.05, 0) is 32.9 Å². The van der Waals surface area contributed by atoms with E-state index in [9.17, 15) is 0 Å². The number of rotatable bonds is 7. The van der Waals surface area contributed by atoms with Gasteiger partial charge in [0.25, 0.3) is 0 Å². The molecule has 0 saturated heterocycles. The quantitative estimate of drug-likeness (QED) is 0.592. The molecule has 0 spiro atoms. The monoisotopic (exact) mass is 247 g/mol. The molecule has 3 nitrogen and oxygen atoms in total. The summed E-state index contributed by atoms with van der Waals surface area (Å²) >= 11 is 0. The second-order valence-corrected chi connectivity index (χ2v) is 3.63. The second-order valence-electron chi connectivity index (χ2n) is 3.63. The van der Waals surface area contributed by atoms with Crippen LogP contribution < -0.4 is 14.8 Å². The fraction of sp³-hybridized carbons (Fsp3) is 0.467. The van der Waals surface area contributed by atoms with Crippen molar-refractivity contribution >= 4 is 5.69 Å². The smallest absolute Gasteiger partial charge is 0.163 e. The Kier molecular flexibility index (Phi) is 6.56. The Bertz CT molecular complexity index is 418. The zero-order valence-electron chi connectivity index (χ0n) is 11.4. The Morgan fingerprint density at radius 2 is 1.83 bits per heavy atom. The van der Waals surface area contributed by atoms with Gasteiger partial charge in [-0.25, -0.2) is 0 Å². The molecule has 0 saturated carbocycles. The maximum absolute atomic E-state index is 5.56. The maximum atomic E-state index is 5.56. The van der Waals surface area contributed by atoms with Crippen LogP contribution in [-0.4, -0.2) is 19.8 Å². The van der Waals surface area contributed by atoms with Gasteiger partial charge in [-0.2, -0.15) is 0 Å². The van der Waals surface area contributed by atoms with Crippen LogP contribution in [0.3, 0.4) is 0 Å². The van der Waals surface area contributed by atoms with E-state index in [-0.39, 0.29) is 0 Å². The van der Waals surface area contributed by atoms with Crippen LogP contribution in [0, 0.1) is 11.8 Å². The van der Waals surface area contributed by atoms with E-state index in [0.29, 0.717) is 13.2 Å². The molecule has 0 aliphatic heterocycles. The summed E-state index contributed by atoms with van der Waals surface area (Å²) in [6.07, 6.45) is 0.841. The molecular formula is C15H21NO2. The predicted molar refractivity (Wildman–Crippen MR) is 75.3 cm³/mol. The maximum Gasteiger partial charge on any atom is 0.163 e. The van der Waals surface area contributed by atoms with E-state index in [2.05, 4.69) is 17.2 Å². The van der Waals surface area contributed by atoms with Crippen molar-refractivity contribution in [1.82, 2.24) is 0 Å². The summed E-state index contributed by atoms with van der Waals surface area (Å²) in [6.45, 7) is 7.88. The highest BCUT2D eigenvalue weighted by molar-refractivity contribution is 5.54. The lowest BCUT2D eigenvalue weighted by Gasteiger charge is -2.13. The molecule has 0 radical (unpaired) electrons. The lowest BCUT2D eigenvalue weighted by molar-refractivity contribution is 0.288. The standard InChI is InChI=1S/C15H21NO2/c1-4-7-8-11-16-13-9-10-14(17-5-2)15(12-13)18-6-3/h9-10,12,16H,5-6,8,11H2,1-3H3. The van der Waals surface area contributed by atoms with Crippen molar-refractivity contribution in [2.24, 2.45) is 0 Å². The molecular weight excluding hydrogens is 226 g/mol. The molecule has 3 heteroatoms. The summed E-state index contributed by atoms with van der Waals surface area (Å²) < 4.78 is 11.1. The molecule has 1 N–H and O–H groups in total. The fourth-order valence-electron chi connectivity index (χ4n) is 1.56. The van der Waals surface area contributed by atoms with Crippen LogP contribution in [0.15, 0.2) is 18.2 Å². The summed E-state index contributed by atoms with van der Waals surface area (Å²) in [5.41, 5.74) is 1.03. The minimum absolute atomic E-state index is 0.630. The molecule has 0 unspecified atom stereocenters. The van der Waals surface area contributed by atoms with E-state index in [0.717, 1.165) is 30.2 Å². The molecule has 0 bridgehead atoms. The summed E-state index contributed by atoms with van der Waals surface area (Å²) in [5, 5.41) is 3.31. The van der Waals surface area contributed by atoms with Crippen molar-refractivity contribution in [2.75, 3.05) is 25.1 Å². The highest BCUT2D eigenvalue weighted by atomic mass is 16.5. The van der Waals surface area contributed by atoms with Gasteiger partial charge in [-0.1, -0.05) is 0 Å². The molecule has 0 amide bonds. The number of benzene rings is 1. The van der Waals surface area contributed by atoms with E-state index < -0.39 is 0 Å². The summed E-state index contributed by atoms with van der Waals surface area (Å²) in [6, 6.07) is 5.89. The predicted octanol–water partition coefficient (Wildman–Crippen LogP) is 3.31. The van der Waals surface area contributed by atoms with Gasteiger partial charge >= 0.3 is 0 Å². The van der Waals surface area contributed by atoms with E-state index in [4.69, 9.17) is 9.47 Å². The minimum Gasteiger partial charge on any atom is -0.490 e. The summed E-state index contributed by atoms with van der Waals surface area (Å²) in [4.78, 5) is 0. The van der Waals surface area contributed by atoms with Crippen molar-refractivity contribution in [3.8, 4) is 23.3 Å². The van der Waals surface area contributed by atoms with Gasteiger partial charge in [-0.15, -0.1) is 11.8 Å². The zero-order valence-corrected chi connectivity index (χ0v) is 11.4. The third-order valence-corrected chi connectivity index (χ3v) is 2.30. The Morgan fingerprint density at radius 1 is 1.11 bits per heavy atom. The lowest BCUT2D eigenvalue weighted by atomic mass is 10.2. The minimum atomic E-state index is 0.630. The number of hydrogen-bond donors (Lipinski definition) is 1. The van der Waals surface area contributed by atoms with Gasteiger partial charge in [0.05, 0.1) is 13.2 Å². The molecule has 0 aromatic heterocycles. The number of nitrogens with one attached hydrogen (secondary N) is 1. The molecule has 18 heavy (non-hydrogen) atoms. The Morgan fingerprint density at radius 3 is 2.50 bits per heavy atom. The van der Waals surface area contributed by atoms with Gasteiger partial charge in [0, 0.05) is 24.7 Å². The average molecular weight is 247 g/mol. The lowest BCUT2D eigenvalue weighted by Crippen LogP contribution is -2.02. The number of hydrogen-bond acceptors (Lipinski definition) is 3. The molecule has 1 rings (SSSR count). The molecule has 98 valence electrons. The first kappa shape index (κ1) is 14.2. The van der Waals surface area contributed by atoms with Gasteiger partial charge in [0.2, 0.25) is 0 Å². The molecule has 0 fully saturated rings. The van der Waals surface area contributed by atoms with E-state index >= 15 is 0 Å². The summed E-state index contributed by atoms with van der Waals surface area (Å²) in [7, 11) is 0. The van der Waals surface area contributed by atoms with Crippen LogP contribution in [0.2, 0.25) is 0 Å². The molecule has 0 heterocycles. The summed E-state index contributed by atoms with van der Waals surface area (Å²) in [5.74, 6) is 7.47. The van der Waals surface area contributed by atoms with Gasteiger partial charge in [0.1, 0.15) is 0 Å². The van der Waals surface area contributed by atoms with Gasteiger partial charge in [0.15, 0.2) is 11.5 Å². The highest BCUT2D eigenvalue weighted by Gasteiger charge is 2.05. The van der Waals surface area contributed by atoms with Crippen molar-refractivity contribution < 1.29 is 9.47 Å². The SMILES string of the molecule is CC#CCCNc1ccc(OCC)c(OCC)c1.